The monoisotopic (exact) mass is 799 g/mol. The first-order valence-electron chi connectivity index (χ1n) is 14.7. The van der Waals surface area contributed by atoms with Gasteiger partial charge < -0.3 is 29.7 Å². The van der Waals surface area contributed by atoms with Crippen molar-refractivity contribution in [1.29, 1.82) is 0 Å². The van der Waals surface area contributed by atoms with Gasteiger partial charge in [-0.25, -0.2) is 34.8 Å². The maximum atomic E-state index is 13.6. The zero-order chi connectivity index (χ0) is 38.3. The van der Waals surface area contributed by atoms with Gasteiger partial charge in [0.05, 0.1) is 21.4 Å². The number of aromatic carboxylic acids is 1. The maximum absolute atomic E-state index is 13.6. The first-order chi connectivity index (χ1) is 24.2. The molecule has 0 fully saturated rings. The van der Waals surface area contributed by atoms with E-state index < -0.39 is 110 Å². The first-order valence-corrected chi connectivity index (χ1v) is 19.2. The minimum Gasteiger partial charge on any atom is -0.748 e. The molecule has 53 heavy (non-hydrogen) atoms. The van der Waals surface area contributed by atoms with Crippen LogP contribution in [0.3, 0.4) is 0 Å². The molecule has 5 rings (SSSR count). The number of nitrogens with one attached hydrogen (secondary N) is 2. The smallest absolute Gasteiger partial charge is 0.748 e. The van der Waals surface area contributed by atoms with Crippen LogP contribution in [0.2, 0.25) is 0 Å². The number of rotatable bonds is 13. The largest absolute Gasteiger partial charge is 1.00 e. The van der Waals surface area contributed by atoms with Crippen LogP contribution in [0, 0.1) is 0 Å². The van der Waals surface area contributed by atoms with Crippen molar-refractivity contribution in [3.05, 3.63) is 71.1 Å². The number of carbonyl (C=O) groups excluding carboxylic acids is 3. The van der Waals surface area contributed by atoms with Gasteiger partial charge in [0.25, 0.3) is 17.7 Å². The van der Waals surface area contributed by atoms with E-state index in [1.54, 1.807) is 0 Å². The van der Waals surface area contributed by atoms with E-state index in [1.807, 2.05) is 0 Å². The van der Waals surface area contributed by atoms with Gasteiger partial charge in [-0.15, -0.1) is 0 Å². The molecule has 2 aliphatic heterocycles. The molecule has 0 saturated carbocycles. The second kappa shape index (κ2) is 15.5. The van der Waals surface area contributed by atoms with E-state index in [1.165, 1.54) is 18.2 Å². The summed E-state index contributed by atoms with van der Waals surface area (Å²) >= 11 is 0. The summed E-state index contributed by atoms with van der Waals surface area (Å²) in [6.07, 6.45) is 1.68. The molecule has 0 radical (unpaired) electrons. The van der Waals surface area contributed by atoms with Gasteiger partial charge in [-0.05, 0) is 42.3 Å². The molecule has 0 saturated heterocycles. The molecule has 19 nitrogen and oxygen atoms in total. The van der Waals surface area contributed by atoms with Gasteiger partial charge in [0.1, 0.15) is 15.0 Å². The molecule has 3 aliphatic rings. The Balaban J connectivity index is 0.00000627. The van der Waals surface area contributed by atoms with Crippen molar-refractivity contribution in [3.8, 4) is 22.5 Å². The number of nitrogens with zero attached hydrogens (tertiary/aromatic N) is 1. The van der Waals surface area contributed by atoms with Crippen LogP contribution in [0.15, 0.2) is 68.8 Å². The summed E-state index contributed by atoms with van der Waals surface area (Å²) in [7, 11) is -14.9. The molecule has 1 aliphatic carbocycles. The number of amides is 3. The SMILES string of the molecule is Nc1ccc2c(-c3ccc(C(=O)NCCN4C(=O)C=CC4=O)cc3C(=O)O)c3ccc(=[NH2+])c(S(=O)(=O)[O-])c-3oc2c1S(=O)(=O)NCCCS(=O)(=O)[O-].[Na+]. The van der Waals surface area contributed by atoms with Crippen LogP contribution >= 0.6 is 0 Å². The number of hydrogen-bond donors (Lipinski definition) is 5. The quantitative estimate of drug-likeness (QED) is 0.0211. The third kappa shape index (κ3) is 8.66. The van der Waals surface area contributed by atoms with Gasteiger partial charge in [-0.2, -0.15) is 0 Å². The molecule has 0 atom stereocenters. The number of carboxylic acid groups (broad SMARTS) is 1. The summed E-state index contributed by atoms with van der Waals surface area (Å²) in [5, 5.41) is 17.8. The molecule has 7 N–H and O–H groups in total. The Morgan fingerprint density at radius 3 is 2.15 bits per heavy atom. The Morgan fingerprint density at radius 1 is 0.906 bits per heavy atom. The molecule has 0 aromatic heterocycles. The van der Waals surface area contributed by atoms with Crippen LogP contribution in [-0.4, -0.2) is 93.4 Å². The van der Waals surface area contributed by atoms with Crippen molar-refractivity contribution in [2.45, 2.75) is 16.2 Å². The molecular weight excluding hydrogens is 774 g/mol. The van der Waals surface area contributed by atoms with Gasteiger partial charge in [0, 0.05) is 65.7 Å². The summed E-state index contributed by atoms with van der Waals surface area (Å²) in [6, 6.07) is 7.90. The number of carbonyl (C=O) groups is 4. The number of fused-ring (bicyclic) bond motifs is 2. The standard InChI is InChI=1S/C30H27N5O14S3.Na/c31-20-6-4-17-24(16-3-2-15(14-19(16)30(39)40)29(38)33-11-12-35-22(36)8-9-23(35)37)18-5-7-21(32)28(52(46,47)48)26(18)49-25(17)27(20)51(44,45)34-10-1-13-50(41,42)43;/h2-9,14,32,34H,1,10-13,31H2,(H,33,38)(H,39,40)(H,41,42,43)(H,46,47,48);/q;+1/p-1. The minimum absolute atomic E-state index is 0. The van der Waals surface area contributed by atoms with Crippen molar-refractivity contribution in [2.75, 3.05) is 31.1 Å². The Hall–Kier alpha value is -4.52. The third-order valence-electron chi connectivity index (χ3n) is 7.71. The number of benzene rings is 3. The number of anilines is 1. The summed E-state index contributed by atoms with van der Waals surface area (Å²) in [5.74, 6) is -5.24. The number of sulfonamides is 1. The molecule has 23 heteroatoms. The summed E-state index contributed by atoms with van der Waals surface area (Å²) in [4.78, 5) is 48.2. The number of imide groups is 1. The molecular formula is C30H26N5NaO14S3. The van der Waals surface area contributed by atoms with Crippen LogP contribution in [0.25, 0.3) is 33.4 Å². The Bertz CT molecular complexity index is 2590. The van der Waals surface area contributed by atoms with Crippen molar-refractivity contribution in [2.24, 2.45) is 0 Å². The molecule has 0 spiro atoms. The normalized spacial score (nSPS) is 13.4. The van der Waals surface area contributed by atoms with Crippen LogP contribution in [0.1, 0.15) is 27.1 Å². The number of hydrogen-bond acceptors (Lipinski definition) is 14. The van der Waals surface area contributed by atoms with Crippen molar-refractivity contribution in [1.82, 2.24) is 14.9 Å². The number of carboxylic acids is 1. The van der Waals surface area contributed by atoms with Crippen LogP contribution < -0.4 is 56.1 Å². The zero-order valence-electron chi connectivity index (χ0n) is 27.3. The number of nitrogens with two attached hydrogens (primary N) is 2. The first kappa shape index (κ1) is 41.2. The van der Waals surface area contributed by atoms with Gasteiger partial charge in [-0.3, -0.25) is 24.7 Å². The Morgan fingerprint density at radius 2 is 1.55 bits per heavy atom. The molecule has 0 unspecified atom stereocenters. The Kier molecular flexibility index (Phi) is 12.0. The fourth-order valence-electron chi connectivity index (χ4n) is 5.47. The topological polar surface area (TPSA) is 329 Å². The molecule has 2 aromatic rings. The van der Waals surface area contributed by atoms with Crippen LogP contribution in [0.4, 0.5) is 5.69 Å². The average Bonchev–Trinajstić information content (AvgIpc) is 3.36. The Labute approximate surface area is 322 Å². The third-order valence-corrected chi connectivity index (χ3v) is 11.0. The van der Waals surface area contributed by atoms with E-state index in [4.69, 9.17) is 15.6 Å². The molecule has 3 amide bonds. The predicted octanol–water partition coefficient (Wildman–Crippen LogP) is -5.08. The summed E-state index contributed by atoms with van der Waals surface area (Å²) < 4.78 is 105. The fourth-order valence-corrected chi connectivity index (χ4v) is 8.03. The van der Waals surface area contributed by atoms with Crippen molar-refractivity contribution in [3.63, 3.8) is 0 Å². The van der Waals surface area contributed by atoms with Crippen LogP contribution in [-0.2, 0) is 39.8 Å². The fraction of sp³-hybridized carbons (Fsp3) is 0.167. The molecule has 0 bridgehead atoms. The van der Waals surface area contributed by atoms with E-state index in [0.717, 1.165) is 41.3 Å². The van der Waals surface area contributed by atoms with Crippen molar-refractivity contribution < 1.29 is 98.0 Å². The second-order valence-corrected chi connectivity index (χ2v) is 15.7. The average molecular weight is 800 g/mol. The van der Waals surface area contributed by atoms with Gasteiger partial charge in [0.15, 0.2) is 16.2 Å². The van der Waals surface area contributed by atoms with E-state index in [0.29, 0.717) is 0 Å². The minimum atomic E-state index is -5.45. The van der Waals surface area contributed by atoms with Crippen molar-refractivity contribution >= 4 is 70.6 Å². The summed E-state index contributed by atoms with van der Waals surface area (Å²) in [5.41, 5.74) is 3.54. The van der Waals surface area contributed by atoms with E-state index in [9.17, 15) is 58.6 Å². The van der Waals surface area contributed by atoms with Crippen LogP contribution in [0.5, 0.6) is 0 Å². The zero-order valence-corrected chi connectivity index (χ0v) is 31.8. The van der Waals surface area contributed by atoms with E-state index in [2.05, 4.69) is 10.0 Å². The second-order valence-electron chi connectivity index (χ2n) is 11.1. The maximum Gasteiger partial charge on any atom is 1.00 e. The van der Waals surface area contributed by atoms with Gasteiger partial charge >= 0.3 is 35.5 Å². The molecule has 2 heterocycles. The van der Waals surface area contributed by atoms with Gasteiger partial charge in [0.2, 0.25) is 15.4 Å². The van der Waals surface area contributed by atoms with E-state index in [-0.39, 0.29) is 70.3 Å². The predicted molar refractivity (Wildman–Crippen MR) is 175 cm³/mol. The summed E-state index contributed by atoms with van der Waals surface area (Å²) in [6.45, 7) is -0.937. The van der Waals surface area contributed by atoms with E-state index >= 15 is 0 Å². The molecule has 2 aromatic carbocycles. The van der Waals surface area contributed by atoms with Gasteiger partial charge in [-0.1, -0.05) is 6.07 Å². The number of nitrogen functional groups attached to an aromatic ring is 1. The molecule has 274 valence electrons.